The summed E-state index contributed by atoms with van der Waals surface area (Å²) in [4.78, 5) is 22.7. The number of amides is 1. The van der Waals surface area contributed by atoms with E-state index in [1.54, 1.807) is 36.4 Å². The van der Waals surface area contributed by atoms with Gasteiger partial charge in [-0.05, 0) is 61.4 Å². The summed E-state index contributed by atoms with van der Waals surface area (Å²) >= 11 is 0. The van der Waals surface area contributed by atoms with Gasteiger partial charge in [0.05, 0.1) is 11.6 Å². The van der Waals surface area contributed by atoms with Crippen molar-refractivity contribution in [1.82, 2.24) is 0 Å². The van der Waals surface area contributed by atoms with Crippen molar-refractivity contribution in [3.8, 4) is 11.8 Å². The minimum atomic E-state index is -0.298. The summed E-state index contributed by atoms with van der Waals surface area (Å²) in [6, 6.07) is 12.0. The second kappa shape index (κ2) is 7.23. The molecule has 0 atom stereocenters. The van der Waals surface area contributed by atoms with E-state index in [0.29, 0.717) is 22.6 Å². The summed E-state index contributed by atoms with van der Waals surface area (Å²) in [5, 5.41) is 11.4. The number of hydrogen-bond donors (Lipinski definition) is 1. The number of aldehydes is 1. The Morgan fingerprint density at radius 3 is 2.35 bits per heavy atom. The maximum atomic E-state index is 11.9. The van der Waals surface area contributed by atoms with E-state index in [4.69, 9.17) is 10.00 Å². The molecule has 0 aromatic heterocycles. The Bertz CT molecular complexity index is 751. The van der Waals surface area contributed by atoms with Crippen molar-refractivity contribution in [2.75, 3.05) is 11.9 Å². The molecule has 0 saturated carbocycles. The topological polar surface area (TPSA) is 79.2 Å². The van der Waals surface area contributed by atoms with Crippen LogP contribution < -0.4 is 10.1 Å². The molecule has 23 heavy (non-hydrogen) atoms. The van der Waals surface area contributed by atoms with Gasteiger partial charge in [-0.3, -0.25) is 9.59 Å². The van der Waals surface area contributed by atoms with Crippen LogP contribution in [0.5, 0.6) is 5.75 Å². The minimum Gasteiger partial charge on any atom is -0.483 e. The second-order valence-electron chi connectivity index (χ2n) is 5.13. The predicted octanol–water partition coefficient (Wildman–Crippen LogP) is 3.01. The highest BCUT2D eigenvalue weighted by molar-refractivity contribution is 5.92. The third-order valence-electron chi connectivity index (χ3n) is 3.26. The zero-order valence-electron chi connectivity index (χ0n) is 12.9. The molecule has 2 aromatic carbocycles. The molecule has 2 aromatic rings. The lowest BCUT2D eigenvalue weighted by Gasteiger charge is -2.13. The van der Waals surface area contributed by atoms with Crippen molar-refractivity contribution in [2.45, 2.75) is 13.8 Å². The van der Waals surface area contributed by atoms with Gasteiger partial charge in [-0.25, -0.2) is 0 Å². The number of aryl methyl sites for hydroxylation is 2. The summed E-state index contributed by atoms with van der Waals surface area (Å²) in [5.41, 5.74) is 3.31. The third-order valence-corrected chi connectivity index (χ3v) is 3.26. The molecule has 0 bridgehead atoms. The van der Waals surface area contributed by atoms with E-state index in [1.807, 2.05) is 19.9 Å². The zero-order valence-corrected chi connectivity index (χ0v) is 12.9. The van der Waals surface area contributed by atoms with Crippen LogP contribution in [-0.4, -0.2) is 18.8 Å². The van der Waals surface area contributed by atoms with Crippen LogP contribution in [-0.2, 0) is 4.79 Å². The average molecular weight is 308 g/mol. The highest BCUT2D eigenvalue weighted by Crippen LogP contribution is 2.24. The summed E-state index contributed by atoms with van der Waals surface area (Å²) in [5.74, 6) is 0.304. The number of carbonyl (C=O) groups is 2. The maximum absolute atomic E-state index is 11.9. The molecular weight excluding hydrogens is 292 g/mol. The van der Waals surface area contributed by atoms with E-state index in [9.17, 15) is 9.59 Å². The fourth-order valence-corrected chi connectivity index (χ4v) is 2.24. The van der Waals surface area contributed by atoms with E-state index in [2.05, 4.69) is 5.32 Å². The van der Waals surface area contributed by atoms with Gasteiger partial charge in [-0.2, -0.15) is 5.26 Å². The molecule has 0 fully saturated rings. The molecule has 116 valence electrons. The Labute approximate surface area is 134 Å². The van der Waals surface area contributed by atoms with Crippen LogP contribution >= 0.6 is 0 Å². The van der Waals surface area contributed by atoms with Crippen molar-refractivity contribution in [3.63, 3.8) is 0 Å². The van der Waals surface area contributed by atoms with Crippen molar-refractivity contribution < 1.29 is 14.3 Å². The number of nitrogens with zero attached hydrogens (tertiary/aromatic N) is 1. The Kier molecular flexibility index (Phi) is 5.11. The molecule has 5 nitrogen and oxygen atoms in total. The van der Waals surface area contributed by atoms with Crippen molar-refractivity contribution in [2.24, 2.45) is 0 Å². The van der Waals surface area contributed by atoms with Crippen LogP contribution in [0.4, 0.5) is 5.69 Å². The van der Waals surface area contributed by atoms with E-state index >= 15 is 0 Å². The number of rotatable bonds is 5. The van der Waals surface area contributed by atoms with Gasteiger partial charge in [0.15, 0.2) is 6.61 Å². The molecule has 0 aliphatic carbocycles. The molecule has 1 amide bonds. The number of benzene rings is 2. The summed E-state index contributed by atoms with van der Waals surface area (Å²) in [6.07, 6.45) is 0.779. The molecule has 0 saturated heterocycles. The van der Waals surface area contributed by atoms with Gasteiger partial charge in [0.2, 0.25) is 0 Å². The first-order chi connectivity index (χ1) is 11.0. The van der Waals surface area contributed by atoms with Crippen LogP contribution in [0.2, 0.25) is 0 Å². The van der Waals surface area contributed by atoms with Crippen LogP contribution in [0.25, 0.3) is 0 Å². The lowest BCUT2D eigenvalue weighted by Crippen LogP contribution is -2.20. The Morgan fingerprint density at radius 2 is 1.83 bits per heavy atom. The summed E-state index contributed by atoms with van der Waals surface area (Å²) in [7, 11) is 0. The Balaban J connectivity index is 1.99. The molecule has 0 radical (unpaired) electrons. The SMILES string of the molecule is Cc1cc(C=O)cc(C)c1OCC(=O)Nc1ccc(C#N)cc1. The highest BCUT2D eigenvalue weighted by atomic mass is 16.5. The first-order valence-electron chi connectivity index (χ1n) is 7.02. The van der Waals surface area contributed by atoms with E-state index < -0.39 is 0 Å². The standard InChI is InChI=1S/C18H16N2O3/c1-12-7-15(10-21)8-13(2)18(12)23-11-17(22)20-16-5-3-14(9-19)4-6-16/h3-8,10H,11H2,1-2H3,(H,20,22). The van der Waals surface area contributed by atoms with Crippen molar-refractivity contribution in [1.29, 1.82) is 5.26 Å². The van der Waals surface area contributed by atoms with Gasteiger partial charge in [0.1, 0.15) is 12.0 Å². The van der Waals surface area contributed by atoms with E-state index in [-0.39, 0.29) is 12.5 Å². The first-order valence-corrected chi connectivity index (χ1v) is 7.02. The van der Waals surface area contributed by atoms with Gasteiger partial charge in [0.25, 0.3) is 5.91 Å². The first kappa shape index (κ1) is 16.2. The minimum absolute atomic E-state index is 0.137. The van der Waals surface area contributed by atoms with Crippen molar-refractivity contribution >= 4 is 17.9 Å². The van der Waals surface area contributed by atoms with Gasteiger partial charge in [0, 0.05) is 11.3 Å². The number of nitriles is 1. The van der Waals surface area contributed by atoms with Gasteiger partial charge < -0.3 is 10.1 Å². The third kappa shape index (κ3) is 4.17. The molecule has 0 spiro atoms. The molecule has 0 heterocycles. The average Bonchev–Trinajstić information content (AvgIpc) is 2.54. The fraction of sp³-hybridized carbons (Fsp3) is 0.167. The number of hydrogen-bond acceptors (Lipinski definition) is 4. The van der Waals surface area contributed by atoms with E-state index in [0.717, 1.165) is 17.4 Å². The molecule has 0 unspecified atom stereocenters. The number of anilines is 1. The van der Waals surface area contributed by atoms with Crippen molar-refractivity contribution in [3.05, 3.63) is 58.7 Å². The molecule has 2 rings (SSSR count). The number of carbonyl (C=O) groups excluding carboxylic acids is 2. The van der Waals surface area contributed by atoms with Gasteiger partial charge in [-0.15, -0.1) is 0 Å². The van der Waals surface area contributed by atoms with E-state index in [1.165, 1.54) is 0 Å². The van der Waals surface area contributed by atoms with Crippen LogP contribution in [0.15, 0.2) is 36.4 Å². The summed E-state index contributed by atoms with van der Waals surface area (Å²) in [6.45, 7) is 3.52. The maximum Gasteiger partial charge on any atom is 0.262 e. The fourth-order valence-electron chi connectivity index (χ4n) is 2.24. The molecule has 0 aliphatic heterocycles. The lowest BCUT2D eigenvalue weighted by molar-refractivity contribution is -0.118. The molecule has 5 heteroatoms. The largest absolute Gasteiger partial charge is 0.483 e. The normalized spacial score (nSPS) is 9.78. The summed E-state index contributed by atoms with van der Waals surface area (Å²) < 4.78 is 5.57. The number of ether oxygens (including phenoxy) is 1. The Morgan fingerprint density at radius 1 is 1.22 bits per heavy atom. The lowest BCUT2D eigenvalue weighted by atomic mass is 10.1. The quantitative estimate of drug-likeness (QED) is 0.861. The van der Waals surface area contributed by atoms with Crippen LogP contribution in [0, 0.1) is 25.2 Å². The number of nitrogens with one attached hydrogen (secondary N) is 1. The smallest absolute Gasteiger partial charge is 0.262 e. The zero-order chi connectivity index (χ0) is 16.8. The molecule has 1 N–H and O–H groups in total. The second-order valence-corrected chi connectivity index (χ2v) is 5.13. The molecule has 0 aliphatic rings. The molecular formula is C18H16N2O3. The van der Waals surface area contributed by atoms with Gasteiger partial charge >= 0.3 is 0 Å². The van der Waals surface area contributed by atoms with Crippen LogP contribution in [0.1, 0.15) is 27.0 Å². The Hall–Kier alpha value is -3.13. The van der Waals surface area contributed by atoms with Gasteiger partial charge in [-0.1, -0.05) is 0 Å². The predicted molar refractivity (Wildman–Crippen MR) is 86.6 cm³/mol. The highest BCUT2D eigenvalue weighted by Gasteiger charge is 2.09. The van der Waals surface area contributed by atoms with Crippen LogP contribution in [0.3, 0.4) is 0 Å². The monoisotopic (exact) mass is 308 g/mol.